The lowest BCUT2D eigenvalue weighted by molar-refractivity contribution is -0.142. The summed E-state index contributed by atoms with van der Waals surface area (Å²) in [6.07, 6.45) is 5.13. The van der Waals surface area contributed by atoms with Crippen molar-refractivity contribution in [3.63, 3.8) is 0 Å². The monoisotopic (exact) mass is 561 g/mol. The number of aliphatic carboxylic acids is 1. The second-order valence-electron chi connectivity index (χ2n) is 10.4. The molecule has 11 heteroatoms. The molecule has 0 saturated heterocycles. The molecule has 5 atom stereocenters. The van der Waals surface area contributed by atoms with Crippen molar-refractivity contribution in [2.24, 2.45) is 17.6 Å². The second kappa shape index (κ2) is 15.5. The predicted octanol–water partition coefficient (Wildman–Crippen LogP) is 2.42. The van der Waals surface area contributed by atoms with Gasteiger partial charge in [0.2, 0.25) is 17.7 Å². The molecule has 0 spiro atoms. The number of carbonyl (C=O) groups excluding carboxylic acids is 3. The highest BCUT2D eigenvalue weighted by molar-refractivity contribution is 7.98. The number of carboxylic acid groups (broad SMARTS) is 1. The minimum atomic E-state index is -1.19. The third kappa shape index (κ3) is 9.58. The number of nitrogens with one attached hydrogen (secondary N) is 4. The van der Waals surface area contributed by atoms with Crippen LogP contribution in [0.2, 0.25) is 0 Å². The van der Waals surface area contributed by atoms with Crippen LogP contribution in [0.25, 0.3) is 10.9 Å². The molecule has 0 aliphatic rings. The van der Waals surface area contributed by atoms with Gasteiger partial charge in [-0.1, -0.05) is 52.3 Å². The molecule has 0 fully saturated rings. The van der Waals surface area contributed by atoms with Crippen molar-refractivity contribution in [2.75, 3.05) is 12.0 Å². The Labute approximate surface area is 234 Å². The second-order valence-corrected chi connectivity index (χ2v) is 11.4. The molecule has 0 bridgehead atoms. The first-order chi connectivity index (χ1) is 18.5. The Balaban J connectivity index is 2.18. The number of carboxylic acids is 1. The van der Waals surface area contributed by atoms with E-state index in [1.54, 1.807) is 6.20 Å². The van der Waals surface area contributed by atoms with E-state index < -0.39 is 47.9 Å². The Hall–Kier alpha value is -3.05. The molecular formula is C28H43N5O5S. The van der Waals surface area contributed by atoms with E-state index >= 15 is 0 Å². The van der Waals surface area contributed by atoms with E-state index in [0.29, 0.717) is 25.0 Å². The Morgan fingerprint density at radius 2 is 1.67 bits per heavy atom. The molecule has 1 aromatic carbocycles. The maximum Gasteiger partial charge on any atom is 0.326 e. The van der Waals surface area contributed by atoms with Crippen molar-refractivity contribution in [1.82, 2.24) is 20.9 Å². The molecule has 216 valence electrons. The fourth-order valence-corrected chi connectivity index (χ4v) is 4.81. The van der Waals surface area contributed by atoms with Crippen molar-refractivity contribution in [1.29, 1.82) is 0 Å². The summed E-state index contributed by atoms with van der Waals surface area (Å²) < 4.78 is 0. The normalized spacial score (nSPS) is 15.3. The number of benzene rings is 1. The standard InChI is InChI=1S/C28H43N5O5S/c1-6-17(4)24(33-26(35)22(11-12-39-5)31-25(34)20(29)13-16(2)3)27(36)32-23(28(37)38)14-18-15-30-21-10-8-7-9-19(18)21/h7-10,15-17,20,22-24,30H,6,11-14,29H2,1-5H3,(H,31,34)(H,32,36)(H,33,35)(H,37,38). The van der Waals surface area contributed by atoms with Crippen molar-refractivity contribution in [3.8, 4) is 0 Å². The molecule has 0 aliphatic carbocycles. The third-order valence-electron chi connectivity index (χ3n) is 6.81. The maximum absolute atomic E-state index is 13.4. The van der Waals surface area contributed by atoms with Crippen LogP contribution in [-0.4, -0.2) is 70.0 Å². The van der Waals surface area contributed by atoms with Crippen LogP contribution in [-0.2, 0) is 25.6 Å². The Bertz CT molecular complexity index is 1120. The van der Waals surface area contributed by atoms with E-state index in [9.17, 15) is 24.3 Å². The number of thioether (sulfide) groups is 1. The van der Waals surface area contributed by atoms with Crippen LogP contribution in [0.3, 0.4) is 0 Å². The van der Waals surface area contributed by atoms with Crippen molar-refractivity contribution >= 4 is 46.4 Å². The maximum atomic E-state index is 13.4. The number of H-pyrrole nitrogens is 1. The van der Waals surface area contributed by atoms with Gasteiger partial charge in [0.05, 0.1) is 6.04 Å². The number of nitrogens with two attached hydrogens (primary N) is 1. The summed E-state index contributed by atoms with van der Waals surface area (Å²) in [6, 6.07) is 3.74. The molecule has 1 heterocycles. The molecular weight excluding hydrogens is 518 g/mol. The molecule has 0 radical (unpaired) electrons. The molecule has 10 nitrogen and oxygen atoms in total. The fourth-order valence-electron chi connectivity index (χ4n) is 4.34. The number of para-hydroxylation sites is 1. The van der Waals surface area contributed by atoms with Crippen molar-refractivity contribution in [2.45, 2.75) is 77.5 Å². The van der Waals surface area contributed by atoms with Crippen LogP contribution in [0, 0.1) is 11.8 Å². The summed E-state index contributed by atoms with van der Waals surface area (Å²) in [5, 5.41) is 18.9. The van der Waals surface area contributed by atoms with Gasteiger partial charge in [-0.2, -0.15) is 11.8 Å². The minimum Gasteiger partial charge on any atom is -0.480 e. The molecule has 39 heavy (non-hydrogen) atoms. The first kappa shape index (κ1) is 32.2. The number of carbonyl (C=O) groups is 4. The topological polar surface area (TPSA) is 166 Å². The quantitative estimate of drug-likeness (QED) is 0.183. The van der Waals surface area contributed by atoms with Gasteiger partial charge in [-0.3, -0.25) is 14.4 Å². The number of hydrogen-bond acceptors (Lipinski definition) is 6. The van der Waals surface area contributed by atoms with E-state index in [2.05, 4.69) is 20.9 Å². The zero-order valence-corrected chi connectivity index (χ0v) is 24.3. The number of rotatable bonds is 16. The van der Waals surface area contributed by atoms with Gasteiger partial charge in [0.1, 0.15) is 18.1 Å². The van der Waals surface area contributed by atoms with Gasteiger partial charge < -0.3 is 31.8 Å². The summed E-state index contributed by atoms with van der Waals surface area (Å²) in [7, 11) is 0. The van der Waals surface area contributed by atoms with Gasteiger partial charge in [-0.05, 0) is 48.3 Å². The van der Waals surface area contributed by atoms with Gasteiger partial charge in [0.15, 0.2) is 0 Å². The highest BCUT2D eigenvalue weighted by Gasteiger charge is 2.33. The van der Waals surface area contributed by atoms with Gasteiger partial charge in [-0.25, -0.2) is 4.79 Å². The van der Waals surface area contributed by atoms with Crippen LogP contribution in [0.4, 0.5) is 0 Å². The van der Waals surface area contributed by atoms with Crippen LogP contribution >= 0.6 is 11.8 Å². The molecule has 0 saturated carbocycles. The van der Waals surface area contributed by atoms with Crippen molar-refractivity contribution in [3.05, 3.63) is 36.0 Å². The minimum absolute atomic E-state index is 0.0758. The molecule has 7 N–H and O–H groups in total. The van der Waals surface area contributed by atoms with Crippen molar-refractivity contribution < 1.29 is 24.3 Å². The number of aromatic amines is 1. The zero-order valence-electron chi connectivity index (χ0n) is 23.5. The third-order valence-corrected chi connectivity index (χ3v) is 7.46. The highest BCUT2D eigenvalue weighted by Crippen LogP contribution is 2.19. The van der Waals surface area contributed by atoms with Gasteiger partial charge >= 0.3 is 5.97 Å². The molecule has 5 unspecified atom stereocenters. The van der Waals surface area contributed by atoms with Gasteiger partial charge in [0.25, 0.3) is 0 Å². The predicted molar refractivity (Wildman–Crippen MR) is 155 cm³/mol. The van der Waals surface area contributed by atoms with Gasteiger partial charge in [0, 0.05) is 23.5 Å². The SMILES string of the molecule is CCC(C)C(NC(=O)C(CCSC)NC(=O)C(N)CC(C)C)C(=O)NC(Cc1c[nH]c2ccccc12)C(=O)O. The van der Waals surface area contributed by atoms with Crippen LogP contribution in [0.1, 0.15) is 52.5 Å². The number of fused-ring (bicyclic) bond motifs is 1. The fraction of sp³-hybridized carbons (Fsp3) is 0.571. The first-order valence-corrected chi connectivity index (χ1v) is 14.8. The summed E-state index contributed by atoms with van der Waals surface area (Å²) in [4.78, 5) is 54.6. The van der Waals surface area contributed by atoms with E-state index in [-0.39, 0.29) is 18.3 Å². The summed E-state index contributed by atoms with van der Waals surface area (Å²) in [5.41, 5.74) is 7.65. The molecule has 3 amide bonds. The van der Waals surface area contributed by atoms with E-state index in [1.807, 2.05) is 58.2 Å². The van der Waals surface area contributed by atoms with Crippen LogP contribution in [0.15, 0.2) is 30.5 Å². The van der Waals surface area contributed by atoms with E-state index in [1.165, 1.54) is 11.8 Å². The number of amides is 3. The largest absolute Gasteiger partial charge is 0.480 e. The summed E-state index contributed by atoms with van der Waals surface area (Å²) >= 11 is 1.53. The van der Waals surface area contributed by atoms with E-state index in [4.69, 9.17) is 5.73 Å². The highest BCUT2D eigenvalue weighted by atomic mass is 32.2. The lowest BCUT2D eigenvalue weighted by Crippen LogP contribution is -2.59. The smallest absolute Gasteiger partial charge is 0.326 e. The van der Waals surface area contributed by atoms with Gasteiger partial charge in [-0.15, -0.1) is 0 Å². The Morgan fingerprint density at radius 1 is 1.00 bits per heavy atom. The Kier molecular flexibility index (Phi) is 12.8. The average molecular weight is 562 g/mol. The molecule has 2 aromatic rings. The number of aromatic nitrogens is 1. The summed E-state index contributed by atoms with van der Waals surface area (Å²) in [6.45, 7) is 7.62. The Morgan fingerprint density at radius 3 is 2.28 bits per heavy atom. The first-order valence-electron chi connectivity index (χ1n) is 13.4. The lowest BCUT2D eigenvalue weighted by Gasteiger charge is -2.28. The molecule has 1 aromatic heterocycles. The summed E-state index contributed by atoms with van der Waals surface area (Å²) in [5.74, 6) is -2.13. The number of hydrogen-bond donors (Lipinski definition) is 6. The molecule has 0 aliphatic heterocycles. The average Bonchev–Trinajstić information content (AvgIpc) is 3.30. The zero-order chi connectivity index (χ0) is 29.1. The van der Waals surface area contributed by atoms with Crippen LogP contribution < -0.4 is 21.7 Å². The molecule has 2 rings (SSSR count). The van der Waals surface area contributed by atoms with E-state index in [0.717, 1.165) is 16.5 Å². The van der Waals surface area contributed by atoms with Crippen LogP contribution in [0.5, 0.6) is 0 Å². The lowest BCUT2D eigenvalue weighted by atomic mass is 9.96.